The van der Waals surface area contributed by atoms with Crippen molar-refractivity contribution in [2.75, 3.05) is 32.1 Å². The Morgan fingerprint density at radius 3 is 2.46 bits per heavy atom. The van der Waals surface area contributed by atoms with Crippen LogP contribution in [-0.4, -0.2) is 69.3 Å². The number of hydrogen-bond donors (Lipinski definition) is 3. The standard InChI is InChI=1S/C40H68N6O4/c1-12-19-42-39(11,25(4)5)22-50-32-29(46-44-34(41)43-45-46)20-40-23-49-21-36(32,8)30(40)14-13-27-28(40)15-16-38(10)31(33(47)48)35(7,26(6)24(2)3)17-18-37(27,38)9/h15,24-27,29-32,42H,12-14,16-23H2,1-11H3,(H2,41,44)(H,47,48)/t26-,27+,29-,30+,31-,32+,35-,36-,37-,38+,39+,40+/m1/s1. The number of carbonyl (C=O) groups is 1. The average molecular weight is 697 g/mol. The third-order valence-corrected chi connectivity index (χ3v) is 16.4. The van der Waals surface area contributed by atoms with Gasteiger partial charge < -0.3 is 25.6 Å². The summed E-state index contributed by atoms with van der Waals surface area (Å²) in [5.41, 5.74) is 6.14. The van der Waals surface area contributed by atoms with Crippen molar-refractivity contribution in [3.63, 3.8) is 0 Å². The first kappa shape index (κ1) is 37.7. The second-order valence-electron chi connectivity index (χ2n) is 19.3. The minimum absolute atomic E-state index is 0.146. The van der Waals surface area contributed by atoms with Crippen LogP contribution < -0.4 is 11.1 Å². The molecule has 12 atom stereocenters. The number of hydrogen-bond acceptors (Lipinski definition) is 8. The SMILES string of the molecule is CCCN[C@@](C)(CO[C@H]1[C@H](n2nnc(N)n2)C[C@@]23COC[C@]1(C)[C@@H]2CC[C@H]1C3=CC[C@@]2(C)[C@H](C(=O)O)[C@@](C)([C@H](C)C(C)C)CC[C@]12C)C(C)C. The van der Waals surface area contributed by atoms with Gasteiger partial charge in [0.15, 0.2) is 0 Å². The van der Waals surface area contributed by atoms with Crippen LogP contribution in [0, 0.1) is 62.6 Å². The largest absolute Gasteiger partial charge is 0.481 e. The van der Waals surface area contributed by atoms with Crippen molar-refractivity contribution in [1.29, 1.82) is 0 Å². The van der Waals surface area contributed by atoms with Gasteiger partial charge in [0.25, 0.3) is 5.95 Å². The molecule has 10 heteroatoms. The van der Waals surface area contributed by atoms with Gasteiger partial charge in [0.1, 0.15) is 6.04 Å². The van der Waals surface area contributed by atoms with Crippen molar-refractivity contribution in [1.82, 2.24) is 25.5 Å². The molecule has 0 aromatic carbocycles. The molecule has 1 aliphatic heterocycles. The second kappa shape index (κ2) is 12.8. The minimum atomic E-state index is -0.625. The molecule has 2 bridgehead atoms. The number of fused-ring (bicyclic) bond motifs is 3. The van der Waals surface area contributed by atoms with Crippen molar-refractivity contribution in [2.45, 2.75) is 139 Å². The van der Waals surface area contributed by atoms with E-state index in [9.17, 15) is 9.90 Å². The molecule has 0 spiro atoms. The fraction of sp³-hybridized carbons (Fsp3) is 0.900. The number of carboxylic acids is 1. The molecule has 4 aliphatic carbocycles. The smallest absolute Gasteiger partial charge is 0.307 e. The lowest BCUT2D eigenvalue weighted by Crippen LogP contribution is -2.69. The topological polar surface area (TPSA) is 137 Å². The van der Waals surface area contributed by atoms with Gasteiger partial charge in [-0.25, -0.2) is 0 Å². The predicted molar refractivity (Wildman–Crippen MR) is 196 cm³/mol. The number of ether oxygens (including phenoxy) is 2. The summed E-state index contributed by atoms with van der Waals surface area (Å²) in [5, 5.41) is 28.1. The number of nitrogens with one attached hydrogen (secondary N) is 1. The van der Waals surface area contributed by atoms with E-state index in [1.807, 2.05) is 0 Å². The Bertz CT molecular complexity index is 1460. The molecular formula is C40H68N6O4. The number of tetrazole rings is 1. The number of aromatic nitrogens is 4. The number of allylic oxidation sites excluding steroid dienone is 1. The quantitative estimate of drug-likeness (QED) is 0.205. The molecule has 6 rings (SSSR count). The van der Waals surface area contributed by atoms with Crippen LogP contribution in [0.25, 0.3) is 0 Å². The minimum Gasteiger partial charge on any atom is -0.481 e. The van der Waals surface area contributed by atoms with E-state index in [1.54, 1.807) is 4.80 Å². The highest BCUT2D eigenvalue weighted by Crippen LogP contribution is 2.75. The maximum Gasteiger partial charge on any atom is 0.307 e. The van der Waals surface area contributed by atoms with Gasteiger partial charge in [0.2, 0.25) is 0 Å². The normalized spacial score (nSPS) is 43.0. The summed E-state index contributed by atoms with van der Waals surface area (Å²) in [7, 11) is 0. The summed E-state index contributed by atoms with van der Waals surface area (Å²) in [6.07, 6.45) is 9.03. The maximum atomic E-state index is 13.5. The first-order valence-electron chi connectivity index (χ1n) is 19.8. The lowest BCUT2D eigenvalue weighted by molar-refractivity contribution is -0.254. The van der Waals surface area contributed by atoms with E-state index >= 15 is 0 Å². The number of nitrogens with zero attached hydrogens (tertiary/aromatic N) is 4. The molecular weight excluding hydrogens is 628 g/mol. The number of carboxylic acid groups (broad SMARTS) is 1. The summed E-state index contributed by atoms with van der Waals surface area (Å²) in [6.45, 7) is 28.0. The fourth-order valence-corrected chi connectivity index (χ4v) is 12.6. The van der Waals surface area contributed by atoms with E-state index in [1.165, 1.54) is 5.57 Å². The lowest BCUT2D eigenvalue weighted by Gasteiger charge is -2.71. The van der Waals surface area contributed by atoms with Gasteiger partial charge in [0.05, 0.1) is 31.8 Å². The molecule has 5 aliphatic rings. The van der Waals surface area contributed by atoms with Gasteiger partial charge in [-0.2, -0.15) is 4.80 Å². The maximum absolute atomic E-state index is 13.5. The lowest BCUT2D eigenvalue weighted by atomic mass is 9.34. The zero-order valence-corrected chi connectivity index (χ0v) is 33.0. The molecule has 4 N–H and O–H groups in total. The highest BCUT2D eigenvalue weighted by Gasteiger charge is 2.72. The summed E-state index contributed by atoms with van der Waals surface area (Å²) in [6, 6.07) is -0.165. The van der Waals surface area contributed by atoms with Crippen molar-refractivity contribution in [3.05, 3.63) is 11.6 Å². The molecule has 10 nitrogen and oxygen atoms in total. The molecule has 1 aromatic heterocycles. The fourth-order valence-electron chi connectivity index (χ4n) is 12.6. The van der Waals surface area contributed by atoms with Crippen LogP contribution in [0.1, 0.15) is 127 Å². The van der Waals surface area contributed by atoms with Crippen LogP contribution >= 0.6 is 0 Å². The number of rotatable bonds is 11. The van der Waals surface area contributed by atoms with Gasteiger partial charge >= 0.3 is 5.97 Å². The van der Waals surface area contributed by atoms with Crippen LogP contribution in [0.3, 0.4) is 0 Å². The van der Waals surface area contributed by atoms with Gasteiger partial charge in [-0.1, -0.05) is 86.0 Å². The van der Waals surface area contributed by atoms with Crippen LogP contribution in [0.2, 0.25) is 0 Å². The molecule has 50 heavy (non-hydrogen) atoms. The summed E-state index contributed by atoms with van der Waals surface area (Å²) in [5.74, 6) is 0.894. The number of nitrogen functional groups attached to an aromatic ring is 1. The zero-order valence-electron chi connectivity index (χ0n) is 33.0. The predicted octanol–water partition coefficient (Wildman–Crippen LogP) is 7.18. The van der Waals surface area contributed by atoms with Crippen molar-refractivity contribution < 1.29 is 19.4 Å². The molecule has 1 saturated heterocycles. The Morgan fingerprint density at radius 2 is 1.86 bits per heavy atom. The van der Waals surface area contributed by atoms with E-state index in [0.717, 1.165) is 51.5 Å². The van der Waals surface area contributed by atoms with Crippen LogP contribution in [0.5, 0.6) is 0 Å². The molecule has 0 radical (unpaired) electrons. The molecule has 3 saturated carbocycles. The van der Waals surface area contributed by atoms with E-state index in [0.29, 0.717) is 49.4 Å². The third-order valence-electron chi connectivity index (χ3n) is 16.4. The summed E-state index contributed by atoms with van der Waals surface area (Å²) < 4.78 is 13.9. The van der Waals surface area contributed by atoms with Crippen molar-refractivity contribution in [2.24, 2.45) is 62.6 Å². The third kappa shape index (κ3) is 5.34. The molecule has 1 aromatic rings. The van der Waals surface area contributed by atoms with Crippen molar-refractivity contribution >= 4 is 11.9 Å². The Morgan fingerprint density at radius 1 is 1.14 bits per heavy atom. The molecule has 4 fully saturated rings. The summed E-state index contributed by atoms with van der Waals surface area (Å²) >= 11 is 0. The van der Waals surface area contributed by atoms with E-state index in [4.69, 9.17) is 15.2 Å². The van der Waals surface area contributed by atoms with Crippen LogP contribution in [0.15, 0.2) is 11.6 Å². The van der Waals surface area contributed by atoms with Gasteiger partial charge in [0, 0.05) is 16.4 Å². The monoisotopic (exact) mass is 697 g/mol. The highest BCUT2D eigenvalue weighted by atomic mass is 16.5. The number of anilines is 1. The average Bonchev–Trinajstić information content (AvgIpc) is 3.48. The van der Waals surface area contributed by atoms with E-state index in [2.05, 4.69) is 103 Å². The Hall–Kier alpha value is -2.04. The molecule has 2 heterocycles. The second-order valence-corrected chi connectivity index (χ2v) is 19.3. The highest BCUT2D eigenvalue weighted by molar-refractivity contribution is 5.73. The van der Waals surface area contributed by atoms with Crippen LogP contribution in [0.4, 0.5) is 5.95 Å². The van der Waals surface area contributed by atoms with Crippen molar-refractivity contribution in [3.8, 4) is 0 Å². The van der Waals surface area contributed by atoms with Gasteiger partial charge in [-0.3, -0.25) is 4.79 Å². The van der Waals surface area contributed by atoms with Gasteiger partial charge in [-0.05, 0) is 109 Å². The zero-order chi connectivity index (χ0) is 36.7. The number of nitrogens with two attached hydrogens (primary N) is 1. The van der Waals surface area contributed by atoms with E-state index < -0.39 is 11.9 Å². The first-order chi connectivity index (χ1) is 23.3. The molecule has 0 unspecified atom stereocenters. The number of aliphatic carboxylic acids is 1. The Labute approximate surface area is 301 Å². The Balaban J connectivity index is 1.42. The Kier molecular flexibility index (Phi) is 9.67. The first-order valence-corrected chi connectivity index (χ1v) is 19.8. The summed E-state index contributed by atoms with van der Waals surface area (Å²) in [4.78, 5) is 15.2. The molecule has 282 valence electrons. The van der Waals surface area contributed by atoms with E-state index in [-0.39, 0.29) is 50.7 Å². The molecule has 0 amide bonds. The van der Waals surface area contributed by atoms with Gasteiger partial charge in [-0.15, -0.1) is 5.10 Å². The van der Waals surface area contributed by atoms with Crippen LogP contribution in [-0.2, 0) is 14.3 Å².